The van der Waals surface area contributed by atoms with Gasteiger partial charge in [-0.15, -0.1) is 0 Å². The van der Waals surface area contributed by atoms with Crippen molar-refractivity contribution in [2.45, 2.75) is 44.2 Å². The third-order valence-corrected chi connectivity index (χ3v) is 8.50. The van der Waals surface area contributed by atoms with Crippen LogP contribution in [0, 0.1) is 18.8 Å². The normalized spacial score (nSPS) is 26.4. The number of hydrogen-bond donors (Lipinski definition) is 5. The molecule has 6 N–H and O–H groups in total. The summed E-state index contributed by atoms with van der Waals surface area (Å²) < 4.78 is 0. The van der Waals surface area contributed by atoms with Crippen LogP contribution in [0.15, 0.2) is 53.3 Å². The minimum absolute atomic E-state index is 0.0683. The molecule has 3 aliphatic carbocycles. The number of aliphatic hydroxyl groups excluding tert-OH is 2. The number of Topliss-reactive ketones (excluding diaryl/α,β-unsaturated/α-hetero) is 2. The predicted molar refractivity (Wildman–Crippen MR) is 143 cm³/mol. The summed E-state index contributed by atoms with van der Waals surface area (Å²) in [6.45, 7) is 2.02. The van der Waals surface area contributed by atoms with Crippen molar-refractivity contribution >= 4 is 23.2 Å². The number of carbonyl (C=O) groups is 3. The number of fused-ring (bicyclic) bond motifs is 3. The van der Waals surface area contributed by atoms with Gasteiger partial charge in [0.05, 0.1) is 11.6 Å². The van der Waals surface area contributed by atoms with Crippen LogP contribution in [-0.4, -0.2) is 68.5 Å². The van der Waals surface area contributed by atoms with E-state index in [9.17, 15) is 34.8 Å². The molecule has 1 amide bonds. The Morgan fingerprint density at radius 2 is 1.72 bits per heavy atom. The summed E-state index contributed by atoms with van der Waals surface area (Å²) in [4.78, 5) is 40.7. The van der Waals surface area contributed by atoms with Crippen molar-refractivity contribution in [3.63, 3.8) is 0 Å². The number of phenols is 1. The summed E-state index contributed by atoms with van der Waals surface area (Å²) in [5.41, 5.74) is 5.78. The van der Waals surface area contributed by atoms with E-state index in [2.05, 4.69) is 12.1 Å². The maximum Gasteiger partial charge on any atom is 0.255 e. The Bertz CT molecular complexity index is 1470. The second-order valence-electron chi connectivity index (χ2n) is 11.0. The number of aliphatic hydroxyl groups is 3. The predicted octanol–water partition coefficient (Wildman–Crippen LogP) is 2.06. The van der Waals surface area contributed by atoms with Crippen molar-refractivity contribution in [2.75, 3.05) is 14.1 Å². The minimum Gasteiger partial charge on any atom is -0.508 e. The number of carbonyl (C=O) groups excluding carboxylic acids is 3. The molecule has 1 fully saturated rings. The van der Waals surface area contributed by atoms with Crippen LogP contribution in [0.25, 0.3) is 5.76 Å². The minimum atomic E-state index is -2.64. The highest BCUT2D eigenvalue weighted by molar-refractivity contribution is 6.24. The molecule has 1 unspecified atom stereocenters. The Balaban J connectivity index is 1.61. The average Bonchev–Trinajstić information content (AvgIpc) is 2.86. The first-order valence-corrected chi connectivity index (χ1v) is 12.9. The number of primary amides is 1. The number of nitrogens with two attached hydrogens (primary N) is 1. The molecule has 0 saturated heterocycles. The van der Waals surface area contributed by atoms with Gasteiger partial charge >= 0.3 is 0 Å². The summed E-state index contributed by atoms with van der Waals surface area (Å²) >= 11 is 0. The topological polar surface area (TPSA) is 161 Å². The molecule has 4 atom stereocenters. The quantitative estimate of drug-likeness (QED) is 0.366. The first-order chi connectivity index (χ1) is 18.4. The fourth-order valence-corrected chi connectivity index (χ4v) is 6.58. The molecule has 0 spiro atoms. The molecular weight excluding hydrogens is 500 g/mol. The smallest absolute Gasteiger partial charge is 0.255 e. The summed E-state index contributed by atoms with van der Waals surface area (Å²) in [7, 11) is 3.16. The molecule has 3 aliphatic rings. The molecule has 2 aromatic rings. The van der Waals surface area contributed by atoms with Gasteiger partial charge in [-0.1, -0.05) is 35.9 Å². The average molecular weight is 533 g/mol. The summed E-state index contributed by atoms with van der Waals surface area (Å²) in [6, 6.07) is 10.4. The molecule has 5 rings (SSSR count). The van der Waals surface area contributed by atoms with E-state index < -0.39 is 58.0 Å². The van der Waals surface area contributed by atoms with Crippen LogP contribution < -0.4 is 5.73 Å². The fourth-order valence-electron chi connectivity index (χ4n) is 6.58. The molecule has 0 aliphatic heterocycles. The van der Waals surface area contributed by atoms with E-state index in [1.807, 2.05) is 25.1 Å². The summed E-state index contributed by atoms with van der Waals surface area (Å²) in [5.74, 6) is -6.48. The summed E-state index contributed by atoms with van der Waals surface area (Å²) in [5, 5.41) is 44.7. The lowest BCUT2D eigenvalue weighted by Gasteiger charge is -2.50. The number of benzene rings is 2. The SMILES string of the molecule is Cc1ccc(CCc2ccc(O)c3c2C[C@H]2CC4[C@H](N(C)C)C(=O)C(C(N)=O)=C(O)[C@@]4(O)C(=O)C2=C3O)cc1. The lowest BCUT2D eigenvalue weighted by atomic mass is 9.57. The van der Waals surface area contributed by atoms with Gasteiger partial charge in [0.2, 0.25) is 5.78 Å². The molecule has 0 radical (unpaired) electrons. The first-order valence-electron chi connectivity index (χ1n) is 12.9. The van der Waals surface area contributed by atoms with Crippen LogP contribution in [0.1, 0.15) is 34.2 Å². The van der Waals surface area contributed by atoms with Crippen molar-refractivity contribution < 1.29 is 34.8 Å². The second kappa shape index (κ2) is 9.36. The molecule has 204 valence electrons. The van der Waals surface area contributed by atoms with Gasteiger partial charge in [0.25, 0.3) is 5.91 Å². The highest BCUT2D eigenvalue weighted by Crippen LogP contribution is 2.53. The maximum absolute atomic E-state index is 13.9. The molecule has 39 heavy (non-hydrogen) atoms. The van der Waals surface area contributed by atoms with Gasteiger partial charge in [-0.3, -0.25) is 19.3 Å². The summed E-state index contributed by atoms with van der Waals surface area (Å²) in [6.07, 6.45) is 1.71. The lowest BCUT2D eigenvalue weighted by Crippen LogP contribution is -2.65. The maximum atomic E-state index is 13.9. The number of aromatic hydroxyl groups is 1. The number of ketones is 2. The second-order valence-corrected chi connectivity index (χ2v) is 11.0. The van der Waals surface area contributed by atoms with Gasteiger partial charge in [0, 0.05) is 11.5 Å². The standard InChI is InChI=1S/C30H32N2O7/c1-14-4-6-15(7-5-14)8-9-16-10-11-20(33)22-18(16)12-17-13-19-24(32(2)3)26(35)23(29(31)38)28(37)30(19,39)27(36)21(17)25(22)34/h4-7,10-11,17,19,24,33-34,37,39H,8-9,12-13H2,1-3H3,(H2,31,38)/t17-,19?,24-,30-/m0/s1. The monoisotopic (exact) mass is 532 g/mol. The Morgan fingerprint density at radius 1 is 1.05 bits per heavy atom. The first kappa shape index (κ1) is 26.6. The van der Waals surface area contributed by atoms with Gasteiger partial charge < -0.3 is 26.2 Å². The Kier molecular flexibility index (Phi) is 6.39. The zero-order valence-electron chi connectivity index (χ0n) is 22.1. The Labute approximate surface area is 225 Å². The third-order valence-electron chi connectivity index (χ3n) is 8.50. The van der Waals surface area contributed by atoms with E-state index in [1.54, 1.807) is 14.1 Å². The zero-order valence-corrected chi connectivity index (χ0v) is 22.1. The largest absolute Gasteiger partial charge is 0.508 e. The van der Waals surface area contributed by atoms with E-state index in [0.717, 1.165) is 23.1 Å². The molecule has 0 bridgehead atoms. The van der Waals surface area contributed by atoms with Crippen molar-refractivity contribution in [1.82, 2.24) is 4.90 Å². The van der Waals surface area contributed by atoms with Gasteiger partial charge in [0.15, 0.2) is 11.4 Å². The number of likely N-dealkylation sites (N-methyl/N-ethyl adjacent to an activating group) is 1. The molecule has 9 heteroatoms. The van der Waals surface area contributed by atoms with Crippen LogP contribution in [0.3, 0.4) is 0 Å². The Morgan fingerprint density at radius 3 is 2.33 bits per heavy atom. The molecule has 0 aromatic heterocycles. The van der Waals surface area contributed by atoms with Gasteiger partial charge in [-0.2, -0.15) is 0 Å². The number of hydrogen-bond acceptors (Lipinski definition) is 8. The number of nitrogens with zero attached hydrogens (tertiary/aromatic N) is 1. The van der Waals surface area contributed by atoms with Crippen molar-refractivity contribution in [2.24, 2.45) is 17.6 Å². The fraction of sp³-hybridized carbons (Fsp3) is 0.367. The molecule has 2 aromatic carbocycles. The van der Waals surface area contributed by atoms with Crippen LogP contribution in [0.4, 0.5) is 0 Å². The third kappa shape index (κ3) is 3.95. The molecule has 9 nitrogen and oxygen atoms in total. The van der Waals surface area contributed by atoms with E-state index in [4.69, 9.17) is 5.73 Å². The van der Waals surface area contributed by atoms with E-state index >= 15 is 0 Å². The van der Waals surface area contributed by atoms with Crippen molar-refractivity contribution in [1.29, 1.82) is 0 Å². The molecular formula is C30H32N2O7. The lowest BCUT2D eigenvalue weighted by molar-refractivity contribution is -0.153. The van der Waals surface area contributed by atoms with Crippen LogP contribution in [0.5, 0.6) is 5.75 Å². The Hall–Kier alpha value is -3.95. The van der Waals surface area contributed by atoms with Gasteiger partial charge in [-0.25, -0.2) is 0 Å². The van der Waals surface area contributed by atoms with Gasteiger partial charge in [-0.05, 0) is 75.4 Å². The molecule has 1 saturated carbocycles. The highest BCUT2D eigenvalue weighted by Gasteiger charge is 2.64. The highest BCUT2D eigenvalue weighted by atomic mass is 16.3. The van der Waals surface area contributed by atoms with E-state index in [1.165, 1.54) is 11.0 Å². The van der Waals surface area contributed by atoms with E-state index in [-0.39, 0.29) is 29.7 Å². The number of aryl methyl sites for hydroxylation is 3. The van der Waals surface area contributed by atoms with Crippen molar-refractivity contribution in [3.05, 3.63) is 81.1 Å². The van der Waals surface area contributed by atoms with Crippen LogP contribution in [0.2, 0.25) is 0 Å². The number of amides is 1. The molecule has 0 heterocycles. The van der Waals surface area contributed by atoms with Gasteiger partial charge in [0.1, 0.15) is 22.8 Å². The number of phenolic OH excluding ortho intramolecular Hbond substituents is 1. The van der Waals surface area contributed by atoms with Crippen LogP contribution in [-0.2, 0) is 33.6 Å². The van der Waals surface area contributed by atoms with E-state index in [0.29, 0.717) is 12.0 Å². The van der Waals surface area contributed by atoms with Crippen LogP contribution >= 0.6 is 0 Å². The van der Waals surface area contributed by atoms with Crippen molar-refractivity contribution in [3.8, 4) is 5.75 Å². The number of rotatable bonds is 5. The zero-order chi connectivity index (χ0) is 28.4.